The van der Waals surface area contributed by atoms with Gasteiger partial charge in [-0.3, -0.25) is 4.79 Å². The van der Waals surface area contributed by atoms with Gasteiger partial charge < -0.3 is 0 Å². The number of hydrazone groups is 1. The first-order valence-corrected chi connectivity index (χ1v) is 10.1. The highest BCUT2D eigenvalue weighted by molar-refractivity contribution is 7.89. The minimum atomic E-state index is -3.15. The SMILES string of the molecule is CCCS(=O)(=O)NCC1Cc2ccc(C3=NNC(=O)CC3)cc2C1. The lowest BCUT2D eigenvalue weighted by Crippen LogP contribution is -2.31. The van der Waals surface area contributed by atoms with Gasteiger partial charge in [0.25, 0.3) is 0 Å². The fourth-order valence-corrected chi connectivity index (χ4v) is 4.47. The third-order valence-corrected chi connectivity index (χ3v) is 6.08. The van der Waals surface area contributed by atoms with Crippen LogP contribution in [0.3, 0.4) is 0 Å². The second kappa shape index (κ2) is 7.03. The van der Waals surface area contributed by atoms with Crippen molar-refractivity contribution < 1.29 is 13.2 Å². The molecule has 24 heavy (non-hydrogen) atoms. The maximum Gasteiger partial charge on any atom is 0.240 e. The quantitative estimate of drug-likeness (QED) is 0.812. The van der Waals surface area contributed by atoms with Crippen molar-refractivity contribution in [2.45, 2.75) is 39.0 Å². The molecule has 0 aromatic heterocycles. The summed E-state index contributed by atoms with van der Waals surface area (Å²) in [5.74, 6) is 0.441. The van der Waals surface area contributed by atoms with Crippen LogP contribution in [0, 0.1) is 5.92 Å². The molecule has 6 nitrogen and oxygen atoms in total. The van der Waals surface area contributed by atoms with E-state index in [-0.39, 0.29) is 11.7 Å². The Morgan fingerprint density at radius 2 is 2.04 bits per heavy atom. The lowest BCUT2D eigenvalue weighted by atomic mass is 10.00. The Kier molecular flexibility index (Phi) is 5.01. The van der Waals surface area contributed by atoms with Crippen molar-refractivity contribution in [2.75, 3.05) is 12.3 Å². The Labute approximate surface area is 142 Å². The van der Waals surface area contributed by atoms with Gasteiger partial charge in [-0.2, -0.15) is 5.10 Å². The molecule has 1 aliphatic heterocycles. The van der Waals surface area contributed by atoms with Crippen LogP contribution in [0.25, 0.3) is 0 Å². The van der Waals surface area contributed by atoms with Crippen LogP contribution in [-0.2, 0) is 27.7 Å². The largest absolute Gasteiger partial charge is 0.273 e. The number of carbonyl (C=O) groups is 1. The second-order valence-corrected chi connectivity index (χ2v) is 8.44. The van der Waals surface area contributed by atoms with E-state index in [0.717, 1.165) is 24.1 Å². The maximum atomic E-state index is 11.8. The molecule has 3 rings (SSSR count). The summed E-state index contributed by atoms with van der Waals surface area (Å²) >= 11 is 0. The molecule has 1 unspecified atom stereocenters. The lowest BCUT2D eigenvalue weighted by molar-refractivity contribution is -0.121. The zero-order valence-electron chi connectivity index (χ0n) is 13.8. The van der Waals surface area contributed by atoms with Gasteiger partial charge in [-0.1, -0.05) is 19.1 Å². The van der Waals surface area contributed by atoms with E-state index in [2.05, 4.69) is 27.4 Å². The highest BCUT2D eigenvalue weighted by Crippen LogP contribution is 2.28. The Morgan fingerprint density at radius 1 is 1.25 bits per heavy atom. The van der Waals surface area contributed by atoms with Crippen LogP contribution in [0.4, 0.5) is 0 Å². The van der Waals surface area contributed by atoms with E-state index < -0.39 is 10.0 Å². The number of nitrogens with zero attached hydrogens (tertiary/aromatic N) is 1. The molecule has 0 saturated carbocycles. The Morgan fingerprint density at radius 3 is 2.75 bits per heavy atom. The van der Waals surface area contributed by atoms with Gasteiger partial charge in [0.05, 0.1) is 11.5 Å². The lowest BCUT2D eigenvalue weighted by Gasteiger charge is -2.13. The first kappa shape index (κ1) is 17.1. The van der Waals surface area contributed by atoms with Gasteiger partial charge in [-0.05, 0) is 47.9 Å². The average molecular weight is 349 g/mol. The fourth-order valence-electron chi connectivity index (χ4n) is 3.30. The molecule has 1 atom stereocenters. The van der Waals surface area contributed by atoms with Crippen LogP contribution in [0.15, 0.2) is 23.3 Å². The summed E-state index contributed by atoms with van der Waals surface area (Å²) in [6.45, 7) is 2.35. The summed E-state index contributed by atoms with van der Waals surface area (Å²) in [7, 11) is -3.15. The van der Waals surface area contributed by atoms with E-state index in [1.165, 1.54) is 11.1 Å². The van der Waals surface area contributed by atoms with E-state index in [9.17, 15) is 13.2 Å². The summed E-state index contributed by atoms with van der Waals surface area (Å²) in [6, 6.07) is 6.27. The minimum Gasteiger partial charge on any atom is -0.273 e. The standard InChI is InChI=1S/C17H23N3O3S/c1-2-7-24(22,23)18-11-12-8-13-3-4-14(10-15(13)9-12)16-5-6-17(21)20-19-16/h3-4,10,12,18H,2,5-9,11H2,1H3,(H,20,21). The number of rotatable bonds is 6. The smallest absolute Gasteiger partial charge is 0.240 e. The Balaban J connectivity index is 1.64. The molecule has 130 valence electrons. The number of nitrogens with one attached hydrogen (secondary N) is 2. The molecule has 2 aliphatic rings. The van der Waals surface area contributed by atoms with Crippen LogP contribution in [0.2, 0.25) is 0 Å². The molecule has 0 radical (unpaired) electrons. The maximum absolute atomic E-state index is 11.8. The van der Waals surface area contributed by atoms with Crippen molar-refractivity contribution in [3.05, 3.63) is 34.9 Å². The minimum absolute atomic E-state index is 0.0423. The number of sulfonamides is 1. The van der Waals surface area contributed by atoms with Crippen molar-refractivity contribution in [3.63, 3.8) is 0 Å². The Bertz CT molecular complexity index is 771. The monoisotopic (exact) mass is 349 g/mol. The molecule has 7 heteroatoms. The number of carbonyl (C=O) groups excluding carboxylic acids is 1. The normalized spacial score (nSPS) is 20.5. The molecule has 1 aromatic rings. The summed E-state index contributed by atoms with van der Waals surface area (Å²) in [4.78, 5) is 11.2. The van der Waals surface area contributed by atoms with Gasteiger partial charge in [0.1, 0.15) is 0 Å². The van der Waals surface area contributed by atoms with Gasteiger partial charge in [0.15, 0.2) is 0 Å². The van der Waals surface area contributed by atoms with E-state index in [1.54, 1.807) is 0 Å². The molecule has 0 bridgehead atoms. The summed E-state index contributed by atoms with van der Waals surface area (Å²) in [5, 5.41) is 4.14. The summed E-state index contributed by atoms with van der Waals surface area (Å²) in [5.41, 5.74) is 7.01. The molecule has 0 saturated heterocycles. The van der Waals surface area contributed by atoms with Crippen molar-refractivity contribution in [2.24, 2.45) is 11.0 Å². The van der Waals surface area contributed by atoms with Crippen LogP contribution in [0.1, 0.15) is 42.9 Å². The summed E-state index contributed by atoms with van der Waals surface area (Å²) in [6.07, 6.45) is 3.52. The fraction of sp³-hybridized carbons (Fsp3) is 0.529. The predicted octanol–water partition coefficient (Wildman–Crippen LogP) is 1.34. The summed E-state index contributed by atoms with van der Waals surface area (Å²) < 4.78 is 26.3. The van der Waals surface area contributed by atoms with Crippen molar-refractivity contribution in [1.82, 2.24) is 10.1 Å². The van der Waals surface area contributed by atoms with E-state index in [0.29, 0.717) is 31.7 Å². The predicted molar refractivity (Wildman–Crippen MR) is 93.3 cm³/mol. The molecule has 0 fully saturated rings. The van der Waals surface area contributed by atoms with E-state index >= 15 is 0 Å². The Hall–Kier alpha value is -1.73. The van der Waals surface area contributed by atoms with Crippen LogP contribution < -0.4 is 10.1 Å². The van der Waals surface area contributed by atoms with Crippen molar-refractivity contribution >= 4 is 21.6 Å². The third kappa shape index (κ3) is 4.02. The highest BCUT2D eigenvalue weighted by Gasteiger charge is 2.24. The van der Waals surface area contributed by atoms with Gasteiger partial charge >= 0.3 is 0 Å². The first-order valence-electron chi connectivity index (χ1n) is 8.42. The topological polar surface area (TPSA) is 87.6 Å². The molecule has 1 aromatic carbocycles. The molecular formula is C17H23N3O3S. The van der Waals surface area contributed by atoms with Gasteiger partial charge in [0.2, 0.25) is 15.9 Å². The van der Waals surface area contributed by atoms with Crippen molar-refractivity contribution in [3.8, 4) is 0 Å². The molecule has 1 aliphatic carbocycles. The van der Waals surface area contributed by atoms with E-state index in [4.69, 9.17) is 0 Å². The zero-order chi connectivity index (χ0) is 17.2. The highest BCUT2D eigenvalue weighted by atomic mass is 32.2. The molecule has 1 heterocycles. The van der Waals surface area contributed by atoms with Crippen LogP contribution in [0.5, 0.6) is 0 Å². The van der Waals surface area contributed by atoms with Gasteiger partial charge in [-0.25, -0.2) is 18.6 Å². The number of hydrogen-bond acceptors (Lipinski definition) is 4. The number of benzene rings is 1. The zero-order valence-corrected chi connectivity index (χ0v) is 14.7. The van der Waals surface area contributed by atoms with E-state index in [1.807, 2.05) is 13.0 Å². The third-order valence-electron chi connectivity index (χ3n) is 4.53. The molecule has 1 amide bonds. The average Bonchev–Trinajstić information content (AvgIpc) is 2.96. The number of fused-ring (bicyclic) bond motifs is 1. The number of amides is 1. The van der Waals surface area contributed by atoms with Gasteiger partial charge in [-0.15, -0.1) is 0 Å². The molecular weight excluding hydrogens is 326 g/mol. The van der Waals surface area contributed by atoms with Gasteiger partial charge in [0, 0.05) is 19.4 Å². The number of hydrogen-bond donors (Lipinski definition) is 2. The second-order valence-electron chi connectivity index (χ2n) is 6.52. The van der Waals surface area contributed by atoms with Crippen molar-refractivity contribution in [1.29, 1.82) is 0 Å². The molecule has 2 N–H and O–H groups in total. The van der Waals surface area contributed by atoms with Crippen LogP contribution in [-0.4, -0.2) is 32.3 Å². The molecule has 0 spiro atoms. The first-order chi connectivity index (χ1) is 11.5. The van der Waals surface area contributed by atoms with Crippen LogP contribution >= 0.6 is 0 Å².